The van der Waals surface area contributed by atoms with Gasteiger partial charge in [-0.05, 0) is 80.1 Å². The number of hydrogen-bond donors (Lipinski definition) is 0. The summed E-state index contributed by atoms with van der Waals surface area (Å²) in [7, 11) is 1.35. The van der Waals surface area contributed by atoms with Gasteiger partial charge in [-0.3, -0.25) is 14.5 Å². The summed E-state index contributed by atoms with van der Waals surface area (Å²) in [5.74, 6) is -0.664. The number of nitrogens with zero attached hydrogens (tertiary/aromatic N) is 2. The van der Waals surface area contributed by atoms with Gasteiger partial charge in [-0.25, -0.2) is 4.79 Å². The summed E-state index contributed by atoms with van der Waals surface area (Å²) >= 11 is 0.964. The lowest BCUT2D eigenvalue weighted by Crippen LogP contribution is -2.27. The summed E-state index contributed by atoms with van der Waals surface area (Å²) in [5.41, 5.74) is 6.19. The van der Waals surface area contributed by atoms with Crippen LogP contribution in [-0.2, 0) is 16.1 Å². The van der Waals surface area contributed by atoms with Gasteiger partial charge >= 0.3 is 5.97 Å². The molecule has 168 valence electrons. The third-order valence-electron chi connectivity index (χ3n) is 5.64. The van der Waals surface area contributed by atoms with E-state index in [0.29, 0.717) is 10.5 Å². The molecule has 1 saturated heterocycles. The number of esters is 1. The largest absolute Gasteiger partial charge is 0.465 e. The summed E-state index contributed by atoms with van der Waals surface area (Å²) in [6.07, 6.45) is 1.78. The minimum Gasteiger partial charge on any atom is -0.465 e. The highest BCUT2D eigenvalue weighted by Gasteiger charge is 2.35. The first-order valence-corrected chi connectivity index (χ1v) is 11.3. The average molecular weight is 461 g/mol. The summed E-state index contributed by atoms with van der Waals surface area (Å²) in [4.78, 5) is 38.9. The Morgan fingerprint density at radius 3 is 2.30 bits per heavy atom. The summed E-state index contributed by atoms with van der Waals surface area (Å²) in [5, 5.41) is -0.265. The van der Waals surface area contributed by atoms with Crippen molar-refractivity contribution >= 4 is 35.0 Å². The van der Waals surface area contributed by atoms with Crippen molar-refractivity contribution < 1.29 is 19.1 Å². The molecule has 33 heavy (non-hydrogen) atoms. The lowest BCUT2D eigenvalue weighted by atomic mass is 10.1. The number of thioether (sulfide) groups is 1. The maximum atomic E-state index is 13.0. The molecule has 2 aromatic carbocycles. The van der Waals surface area contributed by atoms with E-state index in [0.717, 1.165) is 45.5 Å². The Bertz CT molecular complexity index is 1270. The first-order valence-electron chi connectivity index (χ1n) is 10.5. The molecule has 1 aliphatic rings. The second kappa shape index (κ2) is 9.11. The van der Waals surface area contributed by atoms with Crippen LogP contribution in [0.25, 0.3) is 11.8 Å². The normalized spacial score (nSPS) is 14.9. The number of benzene rings is 2. The fraction of sp³-hybridized carbons (Fsp3) is 0.192. The van der Waals surface area contributed by atoms with Crippen molar-refractivity contribution in [3.8, 4) is 5.69 Å². The molecule has 6 nitrogen and oxygen atoms in total. The van der Waals surface area contributed by atoms with Crippen molar-refractivity contribution in [1.29, 1.82) is 0 Å². The molecule has 1 aliphatic heterocycles. The van der Waals surface area contributed by atoms with Crippen LogP contribution < -0.4 is 0 Å². The van der Waals surface area contributed by atoms with Gasteiger partial charge in [0.1, 0.15) is 0 Å². The molecule has 0 unspecified atom stereocenters. The minimum atomic E-state index is -0.385. The Morgan fingerprint density at radius 1 is 1.00 bits per heavy atom. The van der Waals surface area contributed by atoms with Gasteiger partial charge in [0.15, 0.2) is 0 Å². The molecule has 2 heterocycles. The van der Waals surface area contributed by atoms with Gasteiger partial charge in [-0.15, -0.1) is 0 Å². The van der Waals surface area contributed by atoms with Gasteiger partial charge < -0.3 is 9.30 Å². The number of carbonyl (C=O) groups is 3. The predicted molar refractivity (Wildman–Crippen MR) is 129 cm³/mol. The topological polar surface area (TPSA) is 68.6 Å². The van der Waals surface area contributed by atoms with Crippen LogP contribution in [0.15, 0.2) is 59.5 Å². The lowest BCUT2D eigenvalue weighted by molar-refractivity contribution is -0.123. The van der Waals surface area contributed by atoms with Crippen molar-refractivity contribution in [2.24, 2.45) is 0 Å². The van der Waals surface area contributed by atoms with Crippen LogP contribution in [0.1, 0.15) is 38.4 Å². The van der Waals surface area contributed by atoms with Gasteiger partial charge in [-0.2, -0.15) is 0 Å². The number of methoxy groups -OCH3 is 1. The second-order valence-electron chi connectivity index (χ2n) is 7.95. The van der Waals surface area contributed by atoms with Crippen LogP contribution in [0.3, 0.4) is 0 Å². The van der Waals surface area contributed by atoms with E-state index in [1.165, 1.54) is 12.0 Å². The fourth-order valence-corrected chi connectivity index (χ4v) is 4.68. The monoisotopic (exact) mass is 460 g/mol. The Kier molecular flexibility index (Phi) is 6.24. The third-order valence-corrected chi connectivity index (χ3v) is 6.55. The molecule has 0 radical (unpaired) electrons. The SMILES string of the molecule is COC(=O)c1ccc(-n2c(C)cc(/C=C3\SC(=O)N(Cc4ccc(C)cc4)C3=O)c2C)cc1. The Balaban J connectivity index is 1.59. The number of amides is 2. The molecule has 0 saturated carbocycles. The summed E-state index contributed by atoms with van der Waals surface area (Å²) in [6.45, 7) is 6.19. The Morgan fingerprint density at radius 2 is 1.67 bits per heavy atom. The molecule has 0 atom stereocenters. The second-order valence-corrected chi connectivity index (χ2v) is 8.95. The smallest absolute Gasteiger partial charge is 0.337 e. The van der Waals surface area contributed by atoms with Crippen LogP contribution >= 0.6 is 11.8 Å². The molecule has 1 fully saturated rings. The highest BCUT2D eigenvalue weighted by atomic mass is 32.2. The Hall–Kier alpha value is -3.58. The molecule has 7 heteroatoms. The Labute approximate surface area is 196 Å². The lowest BCUT2D eigenvalue weighted by Gasteiger charge is -2.12. The molecule has 0 aliphatic carbocycles. The highest BCUT2D eigenvalue weighted by molar-refractivity contribution is 8.18. The van der Waals surface area contributed by atoms with E-state index in [-0.39, 0.29) is 23.7 Å². The zero-order valence-electron chi connectivity index (χ0n) is 18.9. The molecular weight excluding hydrogens is 436 g/mol. The van der Waals surface area contributed by atoms with Gasteiger partial charge in [0.2, 0.25) is 0 Å². The van der Waals surface area contributed by atoms with Crippen molar-refractivity contribution in [3.05, 3.63) is 93.1 Å². The number of ether oxygens (including phenoxy) is 1. The number of aromatic nitrogens is 1. The van der Waals surface area contributed by atoms with E-state index >= 15 is 0 Å². The van der Waals surface area contributed by atoms with E-state index in [2.05, 4.69) is 0 Å². The average Bonchev–Trinajstić information content (AvgIpc) is 3.23. The summed E-state index contributed by atoms with van der Waals surface area (Å²) < 4.78 is 6.80. The van der Waals surface area contributed by atoms with Gasteiger partial charge in [0.25, 0.3) is 11.1 Å². The summed E-state index contributed by atoms with van der Waals surface area (Å²) in [6, 6.07) is 16.9. The molecule has 1 aromatic heterocycles. The molecule has 0 bridgehead atoms. The molecule has 2 amide bonds. The van der Waals surface area contributed by atoms with Crippen molar-refractivity contribution in [2.45, 2.75) is 27.3 Å². The predicted octanol–water partition coefficient (Wildman–Crippen LogP) is 5.43. The zero-order valence-corrected chi connectivity index (χ0v) is 19.7. The first-order chi connectivity index (χ1) is 15.8. The van der Waals surface area contributed by atoms with Crippen molar-refractivity contribution in [3.63, 3.8) is 0 Å². The molecule has 3 aromatic rings. The highest BCUT2D eigenvalue weighted by Crippen LogP contribution is 2.34. The van der Waals surface area contributed by atoms with Crippen LogP contribution in [0.2, 0.25) is 0 Å². The van der Waals surface area contributed by atoms with E-state index in [1.807, 2.05) is 67.8 Å². The van der Waals surface area contributed by atoms with E-state index in [4.69, 9.17) is 4.74 Å². The van der Waals surface area contributed by atoms with Crippen LogP contribution in [0, 0.1) is 20.8 Å². The van der Waals surface area contributed by atoms with Gasteiger partial charge in [0.05, 0.1) is 24.1 Å². The van der Waals surface area contributed by atoms with Crippen LogP contribution in [0.5, 0.6) is 0 Å². The number of rotatable bonds is 5. The minimum absolute atomic E-state index is 0.258. The molecule has 0 N–H and O–H groups in total. The number of aryl methyl sites for hydroxylation is 2. The standard InChI is InChI=1S/C26H24N2O4S/c1-16-5-7-19(8-6-16)15-27-24(29)23(33-26(27)31)14-21-13-17(2)28(18(21)3)22-11-9-20(10-12-22)25(30)32-4/h5-14H,15H2,1-4H3/b23-14-. The quantitative estimate of drug-likeness (QED) is 0.375. The number of carbonyl (C=O) groups excluding carboxylic acids is 3. The maximum absolute atomic E-state index is 13.0. The van der Waals surface area contributed by atoms with E-state index in [9.17, 15) is 14.4 Å². The maximum Gasteiger partial charge on any atom is 0.337 e. The fourth-order valence-electron chi connectivity index (χ4n) is 3.85. The third kappa shape index (κ3) is 4.50. The van der Waals surface area contributed by atoms with E-state index < -0.39 is 0 Å². The van der Waals surface area contributed by atoms with E-state index in [1.54, 1.807) is 18.2 Å². The van der Waals surface area contributed by atoms with Crippen LogP contribution in [-0.4, -0.2) is 33.7 Å². The van der Waals surface area contributed by atoms with Crippen LogP contribution in [0.4, 0.5) is 4.79 Å². The van der Waals surface area contributed by atoms with Gasteiger partial charge in [-0.1, -0.05) is 29.8 Å². The molecule has 0 spiro atoms. The first kappa shape index (κ1) is 22.6. The number of imide groups is 1. The van der Waals surface area contributed by atoms with Gasteiger partial charge in [0, 0.05) is 17.1 Å². The van der Waals surface area contributed by atoms with Crippen molar-refractivity contribution in [2.75, 3.05) is 7.11 Å². The molecule has 4 rings (SSSR count). The zero-order chi connectivity index (χ0) is 23.7. The molecular formula is C26H24N2O4S. The number of hydrogen-bond acceptors (Lipinski definition) is 5. The van der Waals surface area contributed by atoms with Crippen molar-refractivity contribution in [1.82, 2.24) is 9.47 Å².